The summed E-state index contributed by atoms with van der Waals surface area (Å²) in [5.41, 5.74) is 17.0. The number of ether oxygens (including phenoxy) is 3. The van der Waals surface area contributed by atoms with E-state index in [2.05, 4.69) is 22.1 Å². The van der Waals surface area contributed by atoms with Crippen LogP contribution < -0.4 is 16.2 Å². The number of nitrogens with two attached hydrogens (primary N) is 2. The van der Waals surface area contributed by atoms with Gasteiger partial charge >= 0.3 is 12.2 Å². The molecule has 2 unspecified atom stereocenters. The number of aromatic hydroxyl groups is 1. The van der Waals surface area contributed by atoms with Gasteiger partial charge in [-0.15, -0.1) is 0 Å². The van der Waals surface area contributed by atoms with Crippen molar-refractivity contribution in [3.8, 4) is 46.2 Å². The molecule has 4 heterocycles. The van der Waals surface area contributed by atoms with Gasteiger partial charge in [-0.1, -0.05) is 54.6 Å². The lowest BCUT2D eigenvalue weighted by molar-refractivity contribution is 0.0188. The number of carbonyl (C=O) groups is 2. The van der Waals surface area contributed by atoms with Crippen LogP contribution in [0.2, 0.25) is 0 Å². The predicted molar refractivity (Wildman–Crippen MR) is 250 cm³/mol. The molecule has 2 fully saturated rings. The molecule has 338 valence electrons. The Morgan fingerprint density at radius 1 is 0.692 bits per heavy atom. The molecule has 0 aliphatic carbocycles. The van der Waals surface area contributed by atoms with Crippen molar-refractivity contribution in [1.82, 2.24) is 19.8 Å². The van der Waals surface area contributed by atoms with E-state index in [1.807, 2.05) is 102 Å². The number of carbonyl (C=O) groups excluding carboxylic acids is 2. The Balaban J connectivity index is 0.000000221. The number of nitrogens with zero attached hydrogens (tertiary/aromatic N) is 6. The third kappa shape index (κ3) is 12.2. The van der Waals surface area contributed by atoms with Gasteiger partial charge in [-0.25, -0.2) is 19.6 Å². The molecule has 14 heteroatoms. The van der Waals surface area contributed by atoms with E-state index in [9.17, 15) is 25.2 Å². The number of hydrogen-bond donors (Lipinski definition) is 3. The molecule has 0 radical (unpaired) electrons. The van der Waals surface area contributed by atoms with Crippen molar-refractivity contribution >= 4 is 23.8 Å². The SMILES string of the molecule is CC(C)(C)OC(=O)N1CCCC(c2cc(-c3ccccc3O)nc(N)c2C#N)C1.CC(C)(C)OC(=O)N1CCCC(c2cc(-c3ccccc3OCc3ccccc3)nc(N)c2C#N)C1. The molecule has 5 aromatic rings. The van der Waals surface area contributed by atoms with Gasteiger partial charge in [-0.05, 0) is 120 Å². The van der Waals surface area contributed by atoms with Crippen LogP contribution in [-0.2, 0) is 16.1 Å². The monoisotopic (exact) mass is 878 g/mol. The minimum Gasteiger partial charge on any atom is -0.507 e. The number of anilines is 2. The largest absolute Gasteiger partial charge is 0.507 e. The maximum Gasteiger partial charge on any atom is 0.410 e. The van der Waals surface area contributed by atoms with Crippen LogP contribution in [0.15, 0.2) is 91.0 Å². The first kappa shape index (κ1) is 47.2. The van der Waals surface area contributed by atoms with Crippen molar-refractivity contribution in [2.75, 3.05) is 37.6 Å². The van der Waals surface area contributed by atoms with Crippen molar-refractivity contribution in [1.29, 1.82) is 10.5 Å². The number of nitriles is 2. The molecule has 2 aromatic heterocycles. The Labute approximate surface area is 381 Å². The summed E-state index contributed by atoms with van der Waals surface area (Å²) >= 11 is 0. The number of pyridine rings is 2. The molecule has 2 atom stereocenters. The second-order valence-corrected chi connectivity index (χ2v) is 18.3. The lowest BCUT2D eigenvalue weighted by Gasteiger charge is -2.34. The van der Waals surface area contributed by atoms with E-state index in [1.54, 1.807) is 40.1 Å². The van der Waals surface area contributed by atoms with Gasteiger partial charge in [0.1, 0.15) is 53.1 Å². The lowest BCUT2D eigenvalue weighted by Crippen LogP contribution is -2.42. The van der Waals surface area contributed by atoms with E-state index >= 15 is 0 Å². The molecular weight excluding hydrogens is 821 g/mol. The van der Waals surface area contributed by atoms with E-state index in [4.69, 9.17) is 25.7 Å². The summed E-state index contributed by atoms with van der Waals surface area (Å²) in [6.07, 6.45) is 2.56. The summed E-state index contributed by atoms with van der Waals surface area (Å²) in [7, 11) is 0. The highest BCUT2D eigenvalue weighted by Crippen LogP contribution is 2.38. The van der Waals surface area contributed by atoms with E-state index in [1.165, 1.54) is 0 Å². The Morgan fingerprint density at radius 2 is 1.14 bits per heavy atom. The summed E-state index contributed by atoms with van der Waals surface area (Å²) in [4.78, 5) is 37.5. The van der Waals surface area contributed by atoms with Crippen molar-refractivity contribution in [3.05, 3.63) is 119 Å². The van der Waals surface area contributed by atoms with Crippen LogP contribution in [0.3, 0.4) is 0 Å². The zero-order valence-electron chi connectivity index (χ0n) is 38.0. The van der Waals surface area contributed by atoms with Crippen LogP contribution in [0.1, 0.15) is 107 Å². The molecule has 5 N–H and O–H groups in total. The Kier molecular flexibility index (Phi) is 14.8. The third-order valence-corrected chi connectivity index (χ3v) is 11.0. The zero-order chi connectivity index (χ0) is 46.9. The number of para-hydroxylation sites is 2. The average Bonchev–Trinajstić information content (AvgIpc) is 3.27. The highest BCUT2D eigenvalue weighted by Gasteiger charge is 2.32. The van der Waals surface area contributed by atoms with E-state index in [0.717, 1.165) is 47.9 Å². The molecule has 0 bridgehead atoms. The number of phenolic OH excluding ortho intramolecular Hbond substituents is 1. The topological polar surface area (TPSA) is 214 Å². The smallest absolute Gasteiger partial charge is 0.410 e. The second-order valence-electron chi connectivity index (χ2n) is 18.3. The summed E-state index contributed by atoms with van der Waals surface area (Å²) in [6.45, 7) is 13.6. The number of phenols is 1. The Morgan fingerprint density at radius 3 is 1.62 bits per heavy atom. The standard InChI is InChI=1S/C29H32N4O3.C22H26N4O3/c1-29(2,3)36-28(34)33-15-9-12-21(18-33)23-16-25(32-27(31)24(23)17-30)22-13-7-8-14-26(22)35-19-20-10-5-4-6-11-20;1-22(2,3)29-21(28)26-10-6-7-14(13-26)16-11-18(25-20(24)17(16)12-23)15-8-4-5-9-19(15)27/h4-8,10-11,13-14,16,21H,9,12,15,18-19H2,1-3H3,(H2,31,32);4-5,8-9,11,14,27H,6-7,10,13H2,1-3H3,(H2,24,25). The van der Waals surface area contributed by atoms with Crippen LogP contribution in [0.25, 0.3) is 22.5 Å². The first-order valence-corrected chi connectivity index (χ1v) is 21.9. The Bertz CT molecular complexity index is 2570. The lowest BCUT2D eigenvalue weighted by atomic mass is 9.87. The number of nitrogen functional groups attached to an aromatic ring is 2. The summed E-state index contributed by atoms with van der Waals surface area (Å²) in [5.74, 6) is 0.954. The number of benzene rings is 3. The van der Waals surface area contributed by atoms with Crippen molar-refractivity contribution in [2.24, 2.45) is 0 Å². The number of likely N-dealkylation sites (tertiary alicyclic amines) is 2. The molecule has 2 aliphatic rings. The molecule has 2 saturated heterocycles. The minimum atomic E-state index is -0.570. The molecule has 7 rings (SSSR count). The minimum absolute atomic E-state index is 0.0534. The average molecular weight is 879 g/mol. The van der Waals surface area contributed by atoms with Crippen molar-refractivity contribution in [3.63, 3.8) is 0 Å². The summed E-state index contributed by atoms with van der Waals surface area (Å²) in [6, 6.07) is 32.6. The van der Waals surface area contributed by atoms with Gasteiger partial charge in [0.2, 0.25) is 0 Å². The quantitative estimate of drug-likeness (QED) is 0.139. The molecule has 2 aliphatic heterocycles. The van der Waals surface area contributed by atoms with Crippen LogP contribution >= 0.6 is 0 Å². The molecule has 65 heavy (non-hydrogen) atoms. The van der Waals surface area contributed by atoms with Crippen LogP contribution in [0.4, 0.5) is 21.2 Å². The molecule has 0 spiro atoms. The fourth-order valence-electron chi connectivity index (χ4n) is 8.01. The number of piperidine rings is 2. The molecular formula is C51H58N8O6. The van der Waals surface area contributed by atoms with Crippen LogP contribution in [0, 0.1) is 22.7 Å². The second kappa shape index (κ2) is 20.5. The van der Waals surface area contributed by atoms with E-state index < -0.39 is 11.2 Å². The maximum absolute atomic E-state index is 12.7. The van der Waals surface area contributed by atoms with Gasteiger partial charge in [0.25, 0.3) is 0 Å². The normalized spacial score (nSPS) is 16.2. The highest BCUT2D eigenvalue weighted by atomic mass is 16.6. The third-order valence-electron chi connectivity index (χ3n) is 11.0. The van der Waals surface area contributed by atoms with Crippen LogP contribution in [0.5, 0.6) is 11.5 Å². The van der Waals surface area contributed by atoms with Crippen molar-refractivity contribution < 1.29 is 28.9 Å². The van der Waals surface area contributed by atoms with Gasteiger partial charge in [-0.2, -0.15) is 10.5 Å². The first-order chi connectivity index (χ1) is 30.9. The fraction of sp³-hybridized carbons (Fsp3) is 0.373. The molecule has 0 saturated carbocycles. The maximum atomic E-state index is 12.7. The van der Waals surface area contributed by atoms with Gasteiger partial charge in [-0.3, -0.25) is 0 Å². The van der Waals surface area contributed by atoms with E-state index in [-0.39, 0.29) is 41.4 Å². The van der Waals surface area contributed by atoms with Gasteiger partial charge in [0.05, 0.1) is 22.5 Å². The number of hydrogen-bond acceptors (Lipinski definition) is 12. The number of rotatable bonds is 7. The highest BCUT2D eigenvalue weighted by molar-refractivity contribution is 5.74. The van der Waals surface area contributed by atoms with E-state index in [0.29, 0.717) is 66.6 Å². The molecule has 3 aromatic carbocycles. The molecule has 2 amide bonds. The number of amides is 2. The van der Waals surface area contributed by atoms with Crippen LogP contribution in [-0.4, -0.2) is 74.4 Å². The summed E-state index contributed by atoms with van der Waals surface area (Å²) < 4.78 is 17.2. The fourth-order valence-corrected chi connectivity index (χ4v) is 8.01. The van der Waals surface area contributed by atoms with Crippen molar-refractivity contribution in [2.45, 2.75) is 96.9 Å². The molecule has 14 nitrogen and oxygen atoms in total. The van der Waals surface area contributed by atoms with Gasteiger partial charge in [0.15, 0.2) is 0 Å². The summed E-state index contributed by atoms with van der Waals surface area (Å²) in [5, 5.41) is 29.7. The Hall–Kier alpha value is -7.32. The number of aromatic nitrogens is 2. The first-order valence-electron chi connectivity index (χ1n) is 21.9. The predicted octanol–water partition coefficient (Wildman–Crippen LogP) is 9.92. The van der Waals surface area contributed by atoms with Gasteiger partial charge < -0.3 is 40.6 Å². The zero-order valence-corrected chi connectivity index (χ0v) is 38.0. The van der Waals surface area contributed by atoms with Gasteiger partial charge in [0, 0.05) is 49.1 Å².